The van der Waals surface area contributed by atoms with Crippen molar-refractivity contribution in [2.75, 3.05) is 6.54 Å². The standard InChI is InChI=1S/C19H12F4N4O2/c20-12-6-11(19(21,22)23)7-13(8-12)29-16-5-10(9-26-27-16)17-14-1-4-25-18(28)15(14)2-3-24-17/h2-3,5-9H,1,4H2,(H,25,28). The summed E-state index contributed by atoms with van der Waals surface area (Å²) in [6, 6.07) is 4.88. The zero-order valence-electron chi connectivity index (χ0n) is 14.6. The first-order valence-electron chi connectivity index (χ1n) is 8.46. The fourth-order valence-electron chi connectivity index (χ4n) is 3.04. The second-order valence-corrected chi connectivity index (χ2v) is 6.25. The van der Waals surface area contributed by atoms with Gasteiger partial charge in [-0.3, -0.25) is 9.78 Å². The number of fused-ring (bicyclic) bond motifs is 1. The molecule has 1 aliphatic heterocycles. The van der Waals surface area contributed by atoms with E-state index in [9.17, 15) is 22.4 Å². The smallest absolute Gasteiger partial charge is 0.416 e. The normalized spacial score (nSPS) is 13.6. The van der Waals surface area contributed by atoms with Crippen molar-refractivity contribution in [1.29, 1.82) is 0 Å². The number of carbonyl (C=O) groups is 1. The molecule has 0 saturated carbocycles. The van der Waals surface area contributed by atoms with Crippen LogP contribution in [0.1, 0.15) is 21.5 Å². The van der Waals surface area contributed by atoms with E-state index in [4.69, 9.17) is 4.74 Å². The van der Waals surface area contributed by atoms with Crippen LogP contribution in [-0.2, 0) is 12.6 Å². The molecule has 0 atom stereocenters. The highest BCUT2D eigenvalue weighted by atomic mass is 19.4. The molecule has 2 aromatic heterocycles. The maximum absolute atomic E-state index is 13.6. The Hall–Kier alpha value is -3.56. The molecule has 3 heterocycles. The summed E-state index contributed by atoms with van der Waals surface area (Å²) >= 11 is 0. The minimum absolute atomic E-state index is 0.138. The summed E-state index contributed by atoms with van der Waals surface area (Å²) in [6.45, 7) is 0.454. The monoisotopic (exact) mass is 404 g/mol. The van der Waals surface area contributed by atoms with Crippen molar-refractivity contribution < 1.29 is 27.1 Å². The third-order valence-electron chi connectivity index (χ3n) is 4.29. The summed E-state index contributed by atoms with van der Waals surface area (Å²) in [7, 11) is 0. The molecule has 0 unspecified atom stereocenters. The number of alkyl halides is 3. The quantitative estimate of drug-likeness (QED) is 0.673. The van der Waals surface area contributed by atoms with Crippen LogP contribution in [0.3, 0.4) is 0 Å². The first kappa shape index (κ1) is 18.8. The molecule has 3 aromatic rings. The van der Waals surface area contributed by atoms with Crippen molar-refractivity contribution >= 4 is 5.91 Å². The van der Waals surface area contributed by atoms with Crippen molar-refractivity contribution in [1.82, 2.24) is 20.5 Å². The van der Waals surface area contributed by atoms with Gasteiger partial charge in [0.1, 0.15) is 11.6 Å². The number of nitrogens with zero attached hydrogens (tertiary/aromatic N) is 3. The number of halogens is 4. The molecule has 4 rings (SSSR count). The fraction of sp³-hybridized carbons (Fsp3) is 0.158. The highest BCUT2D eigenvalue weighted by molar-refractivity contribution is 5.98. The third kappa shape index (κ3) is 3.86. The van der Waals surface area contributed by atoms with Crippen LogP contribution in [0.5, 0.6) is 11.6 Å². The molecule has 0 saturated heterocycles. The van der Waals surface area contributed by atoms with E-state index in [-0.39, 0.29) is 17.5 Å². The van der Waals surface area contributed by atoms with Gasteiger partial charge in [-0.05, 0) is 30.2 Å². The van der Waals surface area contributed by atoms with E-state index in [1.807, 2.05) is 0 Å². The molecule has 0 spiro atoms. The first-order valence-corrected chi connectivity index (χ1v) is 8.46. The zero-order chi connectivity index (χ0) is 20.6. The van der Waals surface area contributed by atoms with Gasteiger partial charge in [0.05, 0.1) is 17.5 Å². The van der Waals surface area contributed by atoms with Crippen LogP contribution >= 0.6 is 0 Å². The van der Waals surface area contributed by atoms with Crippen LogP contribution in [0.15, 0.2) is 42.7 Å². The Morgan fingerprint density at radius 3 is 2.76 bits per heavy atom. The molecular formula is C19H12F4N4O2. The van der Waals surface area contributed by atoms with E-state index in [0.29, 0.717) is 41.9 Å². The highest BCUT2D eigenvalue weighted by Crippen LogP contribution is 2.34. The molecule has 0 aliphatic carbocycles. The van der Waals surface area contributed by atoms with Crippen molar-refractivity contribution in [3.63, 3.8) is 0 Å². The average molecular weight is 404 g/mol. The fourth-order valence-corrected chi connectivity index (χ4v) is 3.04. The number of hydrogen-bond acceptors (Lipinski definition) is 5. The molecular weight excluding hydrogens is 392 g/mol. The Bertz CT molecular complexity index is 1100. The number of amides is 1. The van der Waals surface area contributed by atoms with E-state index in [2.05, 4.69) is 20.5 Å². The number of benzene rings is 1. The number of ether oxygens (including phenoxy) is 1. The Balaban J connectivity index is 1.69. The average Bonchev–Trinajstić information content (AvgIpc) is 2.67. The van der Waals surface area contributed by atoms with Gasteiger partial charge in [0, 0.05) is 36.0 Å². The highest BCUT2D eigenvalue weighted by Gasteiger charge is 2.31. The number of rotatable bonds is 3. The number of hydrogen-bond donors (Lipinski definition) is 1. The summed E-state index contributed by atoms with van der Waals surface area (Å²) in [4.78, 5) is 16.3. The topological polar surface area (TPSA) is 77.0 Å². The first-order chi connectivity index (χ1) is 13.8. The minimum Gasteiger partial charge on any atom is -0.437 e. The lowest BCUT2D eigenvalue weighted by molar-refractivity contribution is -0.137. The Morgan fingerprint density at radius 1 is 1.14 bits per heavy atom. The van der Waals surface area contributed by atoms with Crippen molar-refractivity contribution in [3.05, 3.63) is 65.2 Å². The van der Waals surface area contributed by atoms with Gasteiger partial charge in [-0.15, -0.1) is 5.10 Å². The maximum atomic E-state index is 13.6. The molecule has 148 valence electrons. The SMILES string of the molecule is O=C1NCCc2c1ccnc2-c1cnnc(Oc2cc(F)cc(C(F)(F)F)c2)c1. The number of aromatic nitrogens is 3. The molecule has 1 N–H and O–H groups in total. The van der Waals surface area contributed by atoms with Gasteiger partial charge in [0.2, 0.25) is 5.88 Å². The van der Waals surface area contributed by atoms with Gasteiger partial charge in [0.25, 0.3) is 5.91 Å². The second-order valence-electron chi connectivity index (χ2n) is 6.25. The molecule has 0 radical (unpaired) electrons. The predicted molar refractivity (Wildman–Crippen MR) is 92.8 cm³/mol. The van der Waals surface area contributed by atoms with Crippen LogP contribution in [0.2, 0.25) is 0 Å². The zero-order valence-corrected chi connectivity index (χ0v) is 14.6. The summed E-state index contributed by atoms with van der Waals surface area (Å²) in [5.74, 6) is -1.82. The molecule has 10 heteroatoms. The van der Waals surface area contributed by atoms with Gasteiger partial charge in [-0.1, -0.05) is 0 Å². The van der Waals surface area contributed by atoms with E-state index in [1.54, 1.807) is 6.07 Å². The van der Waals surface area contributed by atoms with Crippen molar-refractivity contribution in [2.45, 2.75) is 12.6 Å². The van der Waals surface area contributed by atoms with Crippen LogP contribution in [0.25, 0.3) is 11.3 Å². The molecule has 0 fully saturated rings. The number of pyridine rings is 1. The van der Waals surface area contributed by atoms with Crippen molar-refractivity contribution in [2.24, 2.45) is 0 Å². The van der Waals surface area contributed by atoms with Crippen LogP contribution in [0.4, 0.5) is 17.6 Å². The van der Waals surface area contributed by atoms with E-state index in [1.165, 1.54) is 18.5 Å². The van der Waals surface area contributed by atoms with E-state index in [0.717, 1.165) is 11.6 Å². The molecule has 0 bridgehead atoms. The van der Waals surface area contributed by atoms with Gasteiger partial charge >= 0.3 is 6.18 Å². The van der Waals surface area contributed by atoms with Crippen LogP contribution < -0.4 is 10.1 Å². The van der Waals surface area contributed by atoms with E-state index < -0.39 is 17.6 Å². The van der Waals surface area contributed by atoms with Crippen molar-refractivity contribution in [3.8, 4) is 22.9 Å². The number of nitrogens with one attached hydrogen (secondary N) is 1. The largest absolute Gasteiger partial charge is 0.437 e. The predicted octanol–water partition coefficient (Wildman–Crippen LogP) is 3.77. The molecule has 29 heavy (non-hydrogen) atoms. The lowest BCUT2D eigenvalue weighted by atomic mass is 9.96. The maximum Gasteiger partial charge on any atom is 0.416 e. The molecule has 6 nitrogen and oxygen atoms in total. The summed E-state index contributed by atoms with van der Waals surface area (Å²) in [5, 5.41) is 10.2. The number of carbonyl (C=O) groups excluding carboxylic acids is 1. The third-order valence-corrected chi connectivity index (χ3v) is 4.29. The second kappa shape index (κ2) is 7.12. The molecule has 1 amide bonds. The Labute approximate surface area is 161 Å². The molecule has 1 aliphatic rings. The lowest BCUT2D eigenvalue weighted by Gasteiger charge is -2.18. The Morgan fingerprint density at radius 2 is 1.97 bits per heavy atom. The summed E-state index contributed by atoms with van der Waals surface area (Å²) < 4.78 is 57.5. The van der Waals surface area contributed by atoms with Gasteiger partial charge in [-0.2, -0.15) is 18.3 Å². The minimum atomic E-state index is -4.72. The van der Waals surface area contributed by atoms with Crippen LogP contribution in [0, 0.1) is 5.82 Å². The van der Waals surface area contributed by atoms with E-state index >= 15 is 0 Å². The van der Waals surface area contributed by atoms with Gasteiger partial charge < -0.3 is 10.1 Å². The lowest BCUT2D eigenvalue weighted by Crippen LogP contribution is -2.32. The Kier molecular flexibility index (Phi) is 4.61. The summed E-state index contributed by atoms with van der Waals surface area (Å²) in [5.41, 5.74) is 0.989. The summed E-state index contributed by atoms with van der Waals surface area (Å²) in [6.07, 6.45) is -1.29. The van der Waals surface area contributed by atoms with Gasteiger partial charge in [-0.25, -0.2) is 4.39 Å². The van der Waals surface area contributed by atoms with Gasteiger partial charge in [0.15, 0.2) is 0 Å². The van der Waals surface area contributed by atoms with Crippen LogP contribution in [-0.4, -0.2) is 27.6 Å². The molecule has 1 aromatic carbocycles.